The van der Waals surface area contributed by atoms with Gasteiger partial charge in [-0.3, -0.25) is 9.59 Å². The summed E-state index contributed by atoms with van der Waals surface area (Å²) in [5.74, 6) is -1.65. The lowest BCUT2D eigenvalue weighted by molar-refractivity contribution is -0.143. The van der Waals surface area contributed by atoms with Crippen LogP contribution < -0.4 is 10.6 Å². The lowest BCUT2D eigenvalue weighted by Crippen LogP contribution is -2.58. The van der Waals surface area contributed by atoms with Gasteiger partial charge in [-0.05, 0) is 54.9 Å². The Morgan fingerprint density at radius 3 is 2.24 bits per heavy atom. The van der Waals surface area contributed by atoms with Gasteiger partial charge in [-0.15, -0.1) is 0 Å². The first-order valence-corrected chi connectivity index (χ1v) is 12.0. The third-order valence-electron chi connectivity index (χ3n) is 7.29. The van der Waals surface area contributed by atoms with Crippen molar-refractivity contribution >= 4 is 18.0 Å². The van der Waals surface area contributed by atoms with E-state index in [1.54, 1.807) is 6.92 Å². The number of aliphatic carboxylic acids is 1. The average molecular weight is 465 g/mol. The number of amides is 2. The van der Waals surface area contributed by atoms with Gasteiger partial charge >= 0.3 is 12.1 Å². The van der Waals surface area contributed by atoms with Gasteiger partial charge in [0, 0.05) is 12.0 Å². The molecule has 0 aliphatic heterocycles. The molecule has 3 atom stereocenters. The van der Waals surface area contributed by atoms with E-state index in [4.69, 9.17) is 4.74 Å². The lowest BCUT2D eigenvalue weighted by atomic mass is 9.85. The quantitative estimate of drug-likeness (QED) is 0.561. The molecule has 0 aromatic heterocycles. The van der Waals surface area contributed by atoms with Crippen molar-refractivity contribution in [2.75, 3.05) is 6.61 Å². The molecule has 2 amide bonds. The number of carboxylic acid groups (broad SMARTS) is 1. The molecule has 3 N–H and O–H groups in total. The van der Waals surface area contributed by atoms with Crippen molar-refractivity contribution in [3.63, 3.8) is 0 Å². The fourth-order valence-corrected chi connectivity index (χ4v) is 5.06. The van der Waals surface area contributed by atoms with Crippen molar-refractivity contribution < 1.29 is 24.2 Å². The molecule has 3 unspecified atom stereocenters. The number of ether oxygens (including phenoxy) is 1. The van der Waals surface area contributed by atoms with Crippen molar-refractivity contribution in [1.82, 2.24) is 10.6 Å². The van der Waals surface area contributed by atoms with E-state index in [0.717, 1.165) is 35.1 Å². The second kappa shape index (κ2) is 9.87. The summed E-state index contributed by atoms with van der Waals surface area (Å²) in [4.78, 5) is 37.1. The van der Waals surface area contributed by atoms with Crippen LogP contribution in [0.1, 0.15) is 63.0 Å². The maximum Gasteiger partial charge on any atom is 0.408 e. The van der Waals surface area contributed by atoms with Gasteiger partial charge in [0.1, 0.15) is 12.1 Å². The van der Waals surface area contributed by atoms with Crippen LogP contribution in [0.5, 0.6) is 0 Å². The zero-order valence-corrected chi connectivity index (χ0v) is 19.7. The molecular formula is C27H32N2O5. The number of rotatable bonds is 7. The fourth-order valence-electron chi connectivity index (χ4n) is 5.06. The summed E-state index contributed by atoms with van der Waals surface area (Å²) in [5, 5.41) is 15.0. The Labute approximate surface area is 199 Å². The third kappa shape index (κ3) is 4.79. The summed E-state index contributed by atoms with van der Waals surface area (Å²) >= 11 is 0. The van der Waals surface area contributed by atoms with E-state index >= 15 is 0 Å². The predicted octanol–water partition coefficient (Wildman–Crippen LogP) is 4.45. The van der Waals surface area contributed by atoms with Crippen LogP contribution in [-0.4, -0.2) is 41.3 Å². The zero-order chi connectivity index (χ0) is 24.3. The molecule has 1 fully saturated rings. The number of carbonyl (C=O) groups is 3. The van der Waals surface area contributed by atoms with E-state index in [-0.39, 0.29) is 24.5 Å². The van der Waals surface area contributed by atoms with E-state index in [1.807, 2.05) is 31.2 Å². The molecule has 0 radical (unpaired) electrons. The second-order valence-corrected chi connectivity index (χ2v) is 9.51. The minimum Gasteiger partial charge on any atom is -0.481 e. The van der Waals surface area contributed by atoms with Crippen LogP contribution in [0.15, 0.2) is 48.5 Å². The summed E-state index contributed by atoms with van der Waals surface area (Å²) in [6, 6.07) is 16.0. The Hall–Kier alpha value is -3.35. The summed E-state index contributed by atoms with van der Waals surface area (Å²) in [5.41, 5.74) is 3.39. The number of nitrogens with one attached hydrogen (secondary N) is 2. The highest BCUT2D eigenvalue weighted by Gasteiger charge is 2.37. The second-order valence-electron chi connectivity index (χ2n) is 9.51. The van der Waals surface area contributed by atoms with E-state index in [0.29, 0.717) is 19.3 Å². The molecule has 4 rings (SSSR count). The molecule has 0 bridgehead atoms. The van der Waals surface area contributed by atoms with E-state index in [1.165, 1.54) is 0 Å². The Morgan fingerprint density at radius 1 is 1.03 bits per heavy atom. The van der Waals surface area contributed by atoms with Gasteiger partial charge in [0.15, 0.2) is 0 Å². The molecular weight excluding hydrogens is 432 g/mol. The topological polar surface area (TPSA) is 105 Å². The first-order chi connectivity index (χ1) is 16.3. The summed E-state index contributed by atoms with van der Waals surface area (Å²) in [7, 11) is 0. The Kier molecular flexibility index (Phi) is 6.91. The fraction of sp³-hybridized carbons (Fsp3) is 0.444. The van der Waals surface area contributed by atoms with Crippen molar-refractivity contribution in [3.05, 3.63) is 59.7 Å². The van der Waals surface area contributed by atoms with Crippen LogP contribution in [0, 0.1) is 5.92 Å². The molecule has 2 aromatic carbocycles. The van der Waals surface area contributed by atoms with Crippen LogP contribution in [0.3, 0.4) is 0 Å². The lowest BCUT2D eigenvalue weighted by Gasteiger charge is -2.33. The van der Waals surface area contributed by atoms with Crippen LogP contribution >= 0.6 is 0 Å². The molecule has 0 heterocycles. The number of carbonyl (C=O) groups excluding carboxylic acids is 2. The molecule has 2 aliphatic rings. The van der Waals surface area contributed by atoms with Crippen LogP contribution in [0.4, 0.5) is 4.79 Å². The normalized spacial score (nSPS) is 21.0. The van der Waals surface area contributed by atoms with E-state index in [9.17, 15) is 19.5 Å². The Balaban J connectivity index is 1.38. The molecule has 2 aromatic rings. The van der Waals surface area contributed by atoms with Crippen molar-refractivity contribution in [3.8, 4) is 11.1 Å². The molecule has 7 heteroatoms. The first kappa shape index (κ1) is 23.8. The highest BCUT2D eigenvalue weighted by atomic mass is 16.5. The number of fused-ring (bicyclic) bond motifs is 3. The highest BCUT2D eigenvalue weighted by molar-refractivity contribution is 5.89. The summed E-state index contributed by atoms with van der Waals surface area (Å²) in [6.45, 7) is 3.66. The van der Waals surface area contributed by atoms with Gasteiger partial charge < -0.3 is 20.5 Å². The van der Waals surface area contributed by atoms with E-state index in [2.05, 4.69) is 34.9 Å². The van der Waals surface area contributed by atoms with Gasteiger partial charge in [0.2, 0.25) is 5.91 Å². The zero-order valence-electron chi connectivity index (χ0n) is 19.7. The molecule has 0 spiro atoms. The number of benzene rings is 2. The van der Waals surface area contributed by atoms with E-state index < -0.39 is 23.5 Å². The number of carboxylic acids is 1. The van der Waals surface area contributed by atoms with Crippen LogP contribution in [0.25, 0.3) is 11.1 Å². The van der Waals surface area contributed by atoms with Gasteiger partial charge in [-0.25, -0.2) is 4.79 Å². The molecule has 0 saturated heterocycles. The minimum atomic E-state index is -1.15. The third-order valence-corrected chi connectivity index (χ3v) is 7.29. The van der Waals surface area contributed by atoms with Gasteiger partial charge in [0.05, 0.1) is 5.92 Å². The maximum absolute atomic E-state index is 13.0. The van der Waals surface area contributed by atoms with Crippen LogP contribution in [-0.2, 0) is 14.3 Å². The summed E-state index contributed by atoms with van der Waals surface area (Å²) < 4.78 is 5.62. The Morgan fingerprint density at radius 2 is 1.65 bits per heavy atom. The molecule has 2 aliphatic carbocycles. The minimum absolute atomic E-state index is 0.0601. The monoisotopic (exact) mass is 464 g/mol. The van der Waals surface area contributed by atoms with Crippen molar-refractivity contribution in [2.24, 2.45) is 5.92 Å². The number of alkyl carbamates (subject to hydrolysis) is 1. The number of hydrogen-bond donors (Lipinski definition) is 3. The van der Waals surface area contributed by atoms with Gasteiger partial charge in [-0.1, -0.05) is 61.9 Å². The largest absolute Gasteiger partial charge is 0.481 e. The standard InChI is InChI=1S/C27H32N2O5/c1-3-27(2,25(32)28-18-10-8-9-17(15-18)24(30)31)29-26(33)34-16-23-21-13-6-4-11-19(21)20-12-5-7-14-22(20)23/h4-7,11-14,17-18,23H,3,8-10,15-16H2,1-2H3,(H,28,32)(H,29,33)(H,30,31). The van der Waals surface area contributed by atoms with Gasteiger partial charge in [0.25, 0.3) is 0 Å². The average Bonchev–Trinajstić information content (AvgIpc) is 3.16. The highest BCUT2D eigenvalue weighted by Crippen LogP contribution is 2.44. The predicted molar refractivity (Wildman–Crippen MR) is 128 cm³/mol. The van der Waals surface area contributed by atoms with Gasteiger partial charge in [-0.2, -0.15) is 0 Å². The molecule has 7 nitrogen and oxygen atoms in total. The Bertz CT molecular complexity index is 1040. The molecule has 180 valence electrons. The SMILES string of the molecule is CCC(C)(NC(=O)OCC1c2ccccc2-c2ccccc21)C(=O)NC1CCCC(C(=O)O)C1. The van der Waals surface area contributed by atoms with Crippen LogP contribution in [0.2, 0.25) is 0 Å². The summed E-state index contributed by atoms with van der Waals surface area (Å²) in [6.07, 6.45) is 2.26. The smallest absolute Gasteiger partial charge is 0.408 e. The molecule has 34 heavy (non-hydrogen) atoms. The number of hydrogen-bond acceptors (Lipinski definition) is 4. The van der Waals surface area contributed by atoms with Crippen molar-refractivity contribution in [1.29, 1.82) is 0 Å². The first-order valence-electron chi connectivity index (χ1n) is 12.0. The molecule has 1 saturated carbocycles. The maximum atomic E-state index is 13.0. The van der Waals surface area contributed by atoms with Crippen molar-refractivity contribution in [2.45, 2.75) is 63.5 Å².